The number of aromatic nitrogens is 1. The summed E-state index contributed by atoms with van der Waals surface area (Å²) in [6.07, 6.45) is 2.37. The molecule has 1 amide bonds. The molecule has 1 unspecified atom stereocenters. The van der Waals surface area contributed by atoms with E-state index in [1.807, 2.05) is 55.4 Å². The molecule has 114 valence electrons. The summed E-state index contributed by atoms with van der Waals surface area (Å²) >= 11 is 0. The summed E-state index contributed by atoms with van der Waals surface area (Å²) in [7, 11) is 3.86. The molecule has 2 aromatic rings. The molecule has 1 aliphatic rings. The summed E-state index contributed by atoms with van der Waals surface area (Å²) in [5.41, 5.74) is 1.78. The number of hydrogen-bond acceptors (Lipinski definition) is 4. The van der Waals surface area contributed by atoms with E-state index in [1.165, 1.54) is 0 Å². The van der Waals surface area contributed by atoms with Gasteiger partial charge in [-0.3, -0.25) is 4.79 Å². The summed E-state index contributed by atoms with van der Waals surface area (Å²) in [4.78, 5) is 18.6. The van der Waals surface area contributed by atoms with Gasteiger partial charge in [-0.2, -0.15) is 0 Å². The minimum absolute atomic E-state index is 0.0334. The smallest absolute Gasteiger partial charge is 0.231 e. The molecular weight excluding hydrogens is 278 g/mol. The van der Waals surface area contributed by atoms with Crippen LogP contribution in [0.3, 0.4) is 0 Å². The molecule has 22 heavy (non-hydrogen) atoms. The Bertz CT molecular complexity index is 668. The van der Waals surface area contributed by atoms with Crippen molar-refractivity contribution in [1.29, 1.82) is 0 Å². The normalized spacial score (nSPS) is 16.4. The number of anilines is 2. The number of para-hydroxylation sites is 1. The van der Waals surface area contributed by atoms with E-state index < -0.39 is 0 Å². The van der Waals surface area contributed by atoms with Crippen molar-refractivity contribution in [2.45, 2.75) is 6.42 Å². The van der Waals surface area contributed by atoms with E-state index >= 15 is 0 Å². The highest BCUT2D eigenvalue weighted by molar-refractivity contribution is 5.93. The number of carbonyl (C=O) groups excluding carboxylic acids is 1. The number of nitrogens with zero attached hydrogens (tertiary/aromatic N) is 2. The van der Waals surface area contributed by atoms with Crippen LogP contribution >= 0.6 is 0 Å². The van der Waals surface area contributed by atoms with Gasteiger partial charge in [0, 0.05) is 14.1 Å². The second-order valence-corrected chi connectivity index (χ2v) is 5.61. The van der Waals surface area contributed by atoms with Crippen LogP contribution in [0.25, 0.3) is 0 Å². The second kappa shape index (κ2) is 6.05. The number of ether oxygens (including phenoxy) is 1. The zero-order valence-electron chi connectivity index (χ0n) is 12.7. The predicted octanol–water partition coefficient (Wildman–Crippen LogP) is 2.34. The zero-order chi connectivity index (χ0) is 15.5. The van der Waals surface area contributed by atoms with Gasteiger partial charge in [-0.05, 0) is 30.2 Å². The number of nitrogens with one attached hydrogen (secondary N) is 1. The van der Waals surface area contributed by atoms with E-state index in [9.17, 15) is 4.79 Å². The van der Waals surface area contributed by atoms with Crippen molar-refractivity contribution < 1.29 is 9.53 Å². The van der Waals surface area contributed by atoms with E-state index in [-0.39, 0.29) is 11.8 Å². The summed E-state index contributed by atoms with van der Waals surface area (Å²) in [6, 6.07) is 11.6. The lowest BCUT2D eigenvalue weighted by molar-refractivity contribution is -0.121. The van der Waals surface area contributed by atoms with Crippen LogP contribution in [0.15, 0.2) is 42.6 Å². The van der Waals surface area contributed by atoms with E-state index in [1.54, 1.807) is 6.20 Å². The van der Waals surface area contributed by atoms with Crippen molar-refractivity contribution in [3.63, 3.8) is 0 Å². The van der Waals surface area contributed by atoms with Gasteiger partial charge in [0.25, 0.3) is 0 Å². The second-order valence-electron chi connectivity index (χ2n) is 5.61. The largest absolute Gasteiger partial charge is 0.492 e. The van der Waals surface area contributed by atoms with Crippen molar-refractivity contribution in [2.24, 2.45) is 5.92 Å². The lowest BCUT2D eigenvalue weighted by Gasteiger charge is -2.24. The number of carbonyl (C=O) groups is 1. The van der Waals surface area contributed by atoms with E-state index in [2.05, 4.69) is 10.3 Å². The van der Waals surface area contributed by atoms with Crippen LogP contribution in [0.5, 0.6) is 5.75 Å². The molecule has 3 rings (SSSR count). The number of amides is 1. The van der Waals surface area contributed by atoms with Crippen LogP contribution < -0.4 is 15.0 Å². The molecule has 0 spiro atoms. The molecule has 5 heteroatoms. The molecule has 0 fully saturated rings. The average Bonchev–Trinajstić information content (AvgIpc) is 2.55. The predicted molar refractivity (Wildman–Crippen MR) is 86.3 cm³/mol. The van der Waals surface area contributed by atoms with Gasteiger partial charge in [0.15, 0.2) is 0 Å². The Morgan fingerprint density at radius 1 is 1.27 bits per heavy atom. The maximum Gasteiger partial charge on any atom is 0.231 e. The standard InChI is InChI=1S/C17H19N3O2/c1-20(2)16-8-7-14(10-18-16)19-17(21)13-9-12-5-3-4-6-15(12)22-11-13/h3-8,10,13H,9,11H2,1-2H3,(H,19,21). The van der Waals surface area contributed by atoms with Crippen LogP contribution in [0, 0.1) is 5.92 Å². The molecule has 1 aliphatic heterocycles. The fourth-order valence-electron chi connectivity index (χ4n) is 2.47. The molecule has 0 saturated carbocycles. The average molecular weight is 297 g/mol. The first kappa shape index (κ1) is 14.4. The van der Waals surface area contributed by atoms with Crippen LogP contribution in [0.4, 0.5) is 11.5 Å². The molecule has 0 saturated heterocycles. The minimum atomic E-state index is -0.177. The summed E-state index contributed by atoms with van der Waals surface area (Å²) in [5.74, 6) is 1.52. The van der Waals surface area contributed by atoms with Crippen LogP contribution in [-0.2, 0) is 11.2 Å². The van der Waals surface area contributed by atoms with Gasteiger partial charge < -0.3 is 15.0 Å². The van der Waals surface area contributed by atoms with Crippen LogP contribution in [0.1, 0.15) is 5.56 Å². The number of benzene rings is 1. The number of hydrogen-bond donors (Lipinski definition) is 1. The van der Waals surface area contributed by atoms with Gasteiger partial charge in [-0.25, -0.2) is 4.98 Å². The number of fused-ring (bicyclic) bond motifs is 1. The van der Waals surface area contributed by atoms with Crippen molar-refractivity contribution >= 4 is 17.4 Å². The fourth-order valence-corrected chi connectivity index (χ4v) is 2.47. The van der Waals surface area contributed by atoms with Gasteiger partial charge in [0.1, 0.15) is 18.2 Å². The maximum absolute atomic E-state index is 12.4. The highest BCUT2D eigenvalue weighted by Crippen LogP contribution is 2.27. The molecule has 0 radical (unpaired) electrons. The Kier molecular flexibility index (Phi) is 3.96. The Morgan fingerprint density at radius 3 is 2.82 bits per heavy atom. The van der Waals surface area contributed by atoms with Crippen LogP contribution in [-0.4, -0.2) is 31.6 Å². The van der Waals surface area contributed by atoms with Gasteiger partial charge in [-0.15, -0.1) is 0 Å². The van der Waals surface area contributed by atoms with Crippen LogP contribution in [0.2, 0.25) is 0 Å². The van der Waals surface area contributed by atoms with Gasteiger partial charge in [-0.1, -0.05) is 18.2 Å². The Morgan fingerprint density at radius 2 is 2.09 bits per heavy atom. The lowest BCUT2D eigenvalue weighted by atomic mass is 9.96. The Balaban J connectivity index is 1.65. The van der Waals surface area contributed by atoms with E-state index in [4.69, 9.17) is 4.74 Å². The molecule has 1 aromatic carbocycles. The third-order valence-electron chi connectivity index (χ3n) is 3.72. The number of pyridine rings is 1. The summed E-state index contributed by atoms with van der Waals surface area (Å²) in [5, 5.41) is 2.91. The molecule has 5 nitrogen and oxygen atoms in total. The molecule has 1 atom stereocenters. The first-order chi connectivity index (χ1) is 10.6. The van der Waals surface area contributed by atoms with Gasteiger partial charge in [0.05, 0.1) is 17.8 Å². The zero-order valence-corrected chi connectivity index (χ0v) is 12.7. The maximum atomic E-state index is 12.4. The van der Waals surface area contributed by atoms with Crippen molar-refractivity contribution in [3.8, 4) is 5.75 Å². The van der Waals surface area contributed by atoms with Gasteiger partial charge in [0.2, 0.25) is 5.91 Å². The quantitative estimate of drug-likeness (QED) is 0.945. The molecule has 0 bridgehead atoms. The molecule has 0 aliphatic carbocycles. The van der Waals surface area contributed by atoms with Gasteiger partial charge >= 0.3 is 0 Å². The molecule has 2 heterocycles. The SMILES string of the molecule is CN(C)c1ccc(NC(=O)C2COc3ccccc3C2)cn1. The highest BCUT2D eigenvalue weighted by Gasteiger charge is 2.25. The number of rotatable bonds is 3. The Labute approximate surface area is 129 Å². The van der Waals surface area contributed by atoms with E-state index in [0.717, 1.165) is 17.1 Å². The van der Waals surface area contributed by atoms with Crippen molar-refractivity contribution in [3.05, 3.63) is 48.2 Å². The van der Waals surface area contributed by atoms with E-state index in [0.29, 0.717) is 18.7 Å². The fraction of sp³-hybridized carbons (Fsp3) is 0.294. The van der Waals surface area contributed by atoms with Crippen molar-refractivity contribution in [2.75, 3.05) is 30.9 Å². The summed E-state index contributed by atoms with van der Waals surface area (Å²) < 4.78 is 5.66. The lowest BCUT2D eigenvalue weighted by Crippen LogP contribution is -2.32. The monoisotopic (exact) mass is 297 g/mol. The Hall–Kier alpha value is -2.56. The minimum Gasteiger partial charge on any atom is -0.492 e. The molecule has 1 N–H and O–H groups in total. The molecule has 1 aromatic heterocycles. The first-order valence-corrected chi connectivity index (χ1v) is 7.28. The first-order valence-electron chi connectivity index (χ1n) is 7.28. The highest BCUT2D eigenvalue weighted by atomic mass is 16.5. The van der Waals surface area contributed by atoms with Crippen molar-refractivity contribution in [1.82, 2.24) is 4.98 Å². The topological polar surface area (TPSA) is 54.5 Å². The third kappa shape index (κ3) is 3.03. The molecular formula is C17H19N3O2. The third-order valence-corrected chi connectivity index (χ3v) is 3.72. The summed E-state index contributed by atoms with van der Waals surface area (Å²) in [6.45, 7) is 0.409.